The van der Waals surface area contributed by atoms with E-state index < -0.39 is 13.0 Å². The van der Waals surface area contributed by atoms with E-state index in [2.05, 4.69) is 10.1 Å². The molecule has 0 atom stereocenters. The monoisotopic (exact) mass is 239 g/mol. The summed E-state index contributed by atoms with van der Waals surface area (Å²) in [6.07, 6.45) is 0.0182. The lowest BCUT2D eigenvalue weighted by Crippen LogP contribution is -2.25. The van der Waals surface area contributed by atoms with Crippen LogP contribution in [0.4, 0.5) is 8.78 Å². The number of rotatable bonds is 10. The molecule has 0 unspecified atom stereocenters. The van der Waals surface area contributed by atoms with Crippen LogP contribution in [0.3, 0.4) is 0 Å². The van der Waals surface area contributed by atoms with Gasteiger partial charge in [-0.15, -0.1) is 0 Å². The summed E-state index contributed by atoms with van der Waals surface area (Å²) >= 11 is 0. The summed E-state index contributed by atoms with van der Waals surface area (Å²) in [5.41, 5.74) is 0. The first-order chi connectivity index (χ1) is 7.66. The van der Waals surface area contributed by atoms with Crippen LogP contribution in [0.15, 0.2) is 0 Å². The smallest absolute Gasteiger partial charge is 0.261 e. The second kappa shape index (κ2) is 10.8. The first-order valence-corrected chi connectivity index (χ1v) is 5.40. The topological polar surface area (TPSA) is 58.6 Å². The molecule has 4 nitrogen and oxygen atoms in total. The zero-order chi connectivity index (χ0) is 12.2. The zero-order valence-corrected chi connectivity index (χ0v) is 9.25. The predicted molar refractivity (Wildman–Crippen MR) is 55.4 cm³/mol. The van der Waals surface area contributed by atoms with Crippen molar-refractivity contribution < 1.29 is 23.4 Å². The molecule has 0 aliphatic heterocycles. The van der Waals surface area contributed by atoms with E-state index in [1.165, 1.54) is 0 Å². The van der Waals surface area contributed by atoms with Gasteiger partial charge in [-0.2, -0.15) is 0 Å². The summed E-state index contributed by atoms with van der Waals surface area (Å²) in [6, 6.07) is 0. The Hall–Kier alpha value is -0.750. The summed E-state index contributed by atoms with van der Waals surface area (Å²) < 4.78 is 27.8. The maximum Gasteiger partial charge on any atom is 0.261 e. The van der Waals surface area contributed by atoms with Crippen LogP contribution in [-0.4, -0.2) is 43.8 Å². The van der Waals surface area contributed by atoms with Crippen molar-refractivity contribution in [1.29, 1.82) is 0 Å². The first kappa shape index (κ1) is 15.2. The number of aliphatic hydroxyl groups excluding tert-OH is 1. The van der Waals surface area contributed by atoms with Crippen LogP contribution in [0.2, 0.25) is 0 Å². The summed E-state index contributed by atoms with van der Waals surface area (Å²) in [5.74, 6) is -0.196. The maximum absolute atomic E-state index is 11.6. The fourth-order valence-corrected chi connectivity index (χ4v) is 1.07. The van der Waals surface area contributed by atoms with Gasteiger partial charge in [0, 0.05) is 19.6 Å². The molecule has 0 heterocycles. The highest BCUT2D eigenvalue weighted by Gasteiger charge is 2.04. The molecule has 0 spiro atoms. The third-order valence-electron chi connectivity index (χ3n) is 1.87. The average Bonchev–Trinajstić information content (AvgIpc) is 2.24. The Morgan fingerprint density at radius 2 is 2.06 bits per heavy atom. The number of hydrogen-bond acceptors (Lipinski definition) is 3. The van der Waals surface area contributed by atoms with Gasteiger partial charge in [-0.05, 0) is 19.3 Å². The van der Waals surface area contributed by atoms with Crippen LogP contribution in [0.1, 0.15) is 25.7 Å². The van der Waals surface area contributed by atoms with Gasteiger partial charge in [0.2, 0.25) is 5.91 Å². The number of nitrogens with one attached hydrogen (secondary N) is 1. The van der Waals surface area contributed by atoms with Crippen LogP contribution < -0.4 is 5.32 Å². The summed E-state index contributed by atoms with van der Waals surface area (Å²) in [4.78, 5) is 11.1. The lowest BCUT2D eigenvalue weighted by atomic mass is 10.2. The van der Waals surface area contributed by atoms with Gasteiger partial charge in [-0.3, -0.25) is 4.79 Å². The Labute approximate surface area is 94.0 Å². The van der Waals surface area contributed by atoms with Crippen molar-refractivity contribution in [3.8, 4) is 0 Å². The fraction of sp³-hybridized carbons (Fsp3) is 0.900. The molecule has 0 saturated carbocycles. The fourth-order valence-electron chi connectivity index (χ4n) is 1.07. The van der Waals surface area contributed by atoms with E-state index in [0.717, 1.165) is 19.3 Å². The number of amides is 1. The normalized spacial score (nSPS) is 10.8. The first-order valence-electron chi connectivity index (χ1n) is 5.40. The highest BCUT2D eigenvalue weighted by atomic mass is 19.3. The van der Waals surface area contributed by atoms with Gasteiger partial charge in [0.25, 0.3) is 6.43 Å². The van der Waals surface area contributed by atoms with Crippen molar-refractivity contribution in [2.24, 2.45) is 0 Å². The Morgan fingerprint density at radius 1 is 1.31 bits per heavy atom. The molecule has 0 aliphatic carbocycles. The number of alkyl halides is 2. The van der Waals surface area contributed by atoms with Gasteiger partial charge < -0.3 is 15.2 Å². The van der Waals surface area contributed by atoms with Gasteiger partial charge in [0.1, 0.15) is 6.61 Å². The molecule has 0 rings (SSSR count). The van der Waals surface area contributed by atoms with Crippen molar-refractivity contribution in [3.05, 3.63) is 0 Å². The number of carbonyl (C=O) groups is 1. The predicted octanol–water partition coefficient (Wildman–Crippen LogP) is 0.937. The molecule has 1 amide bonds. The zero-order valence-electron chi connectivity index (χ0n) is 9.25. The molecule has 2 N–H and O–H groups in total. The summed E-state index contributed by atoms with van der Waals surface area (Å²) in [7, 11) is 0. The SMILES string of the molecule is O=C(CCOCC(F)F)NCCCCCO. The number of unbranched alkanes of at least 4 members (excludes halogenated alkanes) is 2. The Morgan fingerprint density at radius 3 is 2.69 bits per heavy atom. The number of ether oxygens (including phenoxy) is 1. The molecule has 96 valence electrons. The third-order valence-corrected chi connectivity index (χ3v) is 1.87. The second-order valence-corrected chi connectivity index (χ2v) is 3.35. The lowest BCUT2D eigenvalue weighted by molar-refractivity contribution is -0.122. The van der Waals surface area contributed by atoms with Crippen LogP contribution in [0.5, 0.6) is 0 Å². The Bertz CT molecular complexity index is 179. The van der Waals surface area contributed by atoms with E-state index in [9.17, 15) is 13.6 Å². The van der Waals surface area contributed by atoms with Crippen LogP contribution in [0, 0.1) is 0 Å². The highest BCUT2D eigenvalue weighted by Crippen LogP contribution is 1.94. The molecule has 0 radical (unpaired) electrons. The van der Waals surface area contributed by atoms with Gasteiger partial charge in [0.15, 0.2) is 0 Å². The van der Waals surface area contributed by atoms with E-state index in [1.807, 2.05) is 0 Å². The van der Waals surface area contributed by atoms with E-state index >= 15 is 0 Å². The molecule has 6 heteroatoms. The van der Waals surface area contributed by atoms with Crippen molar-refractivity contribution in [1.82, 2.24) is 5.32 Å². The van der Waals surface area contributed by atoms with Gasteiger partial charge in [-0.1, -0.05) is 0 Å². The van der Waals surface area contributed by atoms with Crippen LogP contribution >= 0.6 is 0 Å². The van der Waals surface area contributed by atoms with E-state index in [1.54, 1.807) is 0 Å². The number of aliphatic hydroxyl groups is 1. The average molecular weight is 239 g/mol. The quantitative estimate of drug-likeness (QED) is 0.558. The molecule has 0 saturated heterocycles. The second-order valence-electron chi connectivity index (χ2n) is 3.35. The van der Waals surface area contributed by atoms with Crippen molar-refractivity contribution >= 4 is 5.91 Å². The van der Waals surface area contributed by atoms with Gasteiger partial charge in [0.05, 0.1) is 6.61 Å². The minimum Gasteiger partial charge on any atom is -0.396 e. The van der Waals surface area contributed by atoms with Crippen LogP contribution in [-0.2, 0) is 9.53 Å². The lowest BCUT2D eigenvalue weighted by Gasteiger charge is -2.05. The summed E-state index contributed by atoms with van der Waals surface area (Å²) in [6.45, 7) is 0.111. The maximum atomic E-state index is 11.6. The highest BCUT2D eigenvalue weighted by molar-refractivity contribution is 5.75. The van der Waals surface area contributed by atoms with E-state index in [0.29, 0.717) is 6.54 Å². The molecule has 0 fully saturated rings. The van der Waals surface area contributed by atoms with Gasteiger partial charge in [-0.25, -0.2) is 8.78 Å². The minimum absolute atomic E-state index is 0.0206. The number of halogens is 2. The molecule has 0 aromatic carbocycles. The van der Waals surface area contributed by atoms with Gasteiger partial charge >= 0.3 is 0 Å². The van der Waals surface area contributed by atoms with Crippen LogP contribution in [0.25, 0.3) is 0 Å². The summed E-state index contributed by atoms with van der Waals surface area (Å²) in [5, 5.41) is 11.1. The molecule has 0 aliphatic rings. The number of hydrogen-bond donors (Lipinski definition) is 2. The minimum atomic E-state index is -2.48. The third kappa shape index (κ3) is 11.3. The molecule has 0 aromatic heterocycles. The molecular formula is C10H19F2NO3. The largest absolute Gasteiger partial charge is 0.396 e. The van der Waals surface area contributed by atoms with Crippen molar-refractivity contribution in [3.63, 3.8) is 0 Å². The Balaban J connectivity index is 3.18. The molecule has 0 bridgehead atoms. The molecule has 0 aromatic rings. The number of carbonyl (C=O) groups excluding carboxylic acids is 1. The van der Waals surface area contributed by atoms with Crippen molar-refractivity contribution in [2.45, 2.75) is 32.1 Å². The van der Waals surface area contributed by atoms with E-state index in [4.69, 9.17) is 5.11 Å². The van der Waals surface area contributed by atoms with Crippen molar-refractivity contribution in [2.75, 3.05) is 26.4 Å². The standard InChI is InChI=1S/C10H19F2NO3/c11-9(12)8-16-7-4-10(15)13-5-2-1-3-6-14/h9,14H,1-8H2,(H,13,15). The molecule has 16 heavy (non-hydrogen) atoms. The van der Waals surface area contributed by atoms with E-state index in [-0.39, 0.29) is 25.5 Å². The Kier molecular flexibility index (Phi) is 10.3. The molecular weight excluding hydrogens is 220 g/mol.